The molecule has 20 heavy (non-hydrogen) atoms. The molecule has 2 rings (SSSR count). The molecule has 0 spiro atoms. The number of thioether (sulfide) groups is 1. The van der Waals surface area contributed by atoms with E-state index in [2.05, 4.69) is 15.6 Å². The molecule has 7 heteroatoms. The second-order valence-corrected chi connectivity index (χ2v) is 5.50. The lowest BCUT2D eigenvalue weighted by Crippen LogP contribution is -2.41. The van der Waals surface area contributed by atoms with E-state index in [1.165, 1.54) is 0 Å². The molecule has 114 valence electrons. The first-order valence-corrected chi connectivity index (χ1v) is 7.48. The van der Waals surface area contributed by atoms with Gasteiger partial charge >= 0.3 is 0 Å². The first-order chi connectivity index (χ1) is 8.84. The summed E-state index contributed by atoms with van der Waals surface area (Å²) in [4.78, 5) is 15.9. The summed E-state index contributed by atoms with van der Waals surface area (Å²) in [6.45, 7) is 1.67. The quantitative estimate of drug-likeness (QED) is 0.858. The Bertz CT molecular complexity index is 375. The van der Waals surface area contributed by atoms with Gasteiger partial charge in [0.25, 0.3) is 0 Å². The van der Waals surface area contributed by atoms with Crippen LogP contribution in [0.3, 0.4) is 0 Å². The Morgan fingerprint density at radius 1 is 1.45 bits per heavy atom. The predicted octanol–water partition coefficient (Wildman–Crippen LogP) is 1.68. The van der Waals surface area contributed by atoms with Crippen molar-refractivity contribution in [2.24, 2.45) is 0 Å². The topological polar surface area (TPSA) is 54.0 Å². The van der Waals surface area contributed by atoms with Crippen molar-refractivity contribution in [1.29, 1.82) is 0 Å². The Labute approximate surface area is 136 Å². The van der Waals surface area contributed by atoms with E-state index in [4.69, 9.17) is 0 Å². The minimum atomic E-state index is 0. The molecule has 1 saturated heterocycles. The number of carbonyl (C=O) groups excluding carboxylic acids is 1. The number of hydrogen-bond donors (Lipinski definition) is 2. The zero-order valence-electron chi connectivity index (χ0n) is 11.2. The van der Waals surface area contributed by atoms with E-state index in [0.29, 0.717) is 19.0 Å². The number of nitrogens with one attached hydrogen (secondary N) is 2. The van der Waals surface area contributed by atoms with Crippen molar-refractivity contribution < 1.29 is 4.79 Å². The maximum atomic E-state index is 11.7. The zero-order chi connectivity index (χ0) is 12.6. The third-order valence-corrected chi connectivity index (χ3v) is 3.99. The molecule has 1 aromatic heterocycles. The SMILES string of the molecule is Cl.Cl.O=C(CC1CSCCN1)NCCc1ccccn1. The van der Waals surface area contributed by atoms with Gasteiger partial charge in [-0.25, -0.2) is 0 Å². The molecule has 1 amide bonds. The van der Waals surface area contributed by atoms with Gasteiger partial charge in [0.05, 0.1) is 0 Å². The van der Waals surface area contributed by atoms with Gasteiger partial charge in [0.2, 0.25) is 5.91 Å². The number of carbonyl (C=O) groups is 1. The highest BCUT2D eigenvalue weighted by Gasteiger charge is 2.16. The van der Waals surface area contributed by atoms with Crippen molar-refractivity contribution in [3.8, 4) is 0 Å². The van der Waals surface area contributed by atoms with E-state index in [1.54, 1.807) is 6.20 Å². The number of aromatic nitrogens is 1. The van der Waals surface area contributed by atoms with Crippen LogP contribution in [0.1, 0.15) is 12.1 Å². The number of hydrogen-bond acceptors (Lipinski definition) is 4. The summed E-state index contributed by atoms with van der Waals surface area (Å²) in [5.74, 6) is 2.32. The smallest absolute Gasteiger partial charge is 0.221 e. The van der Waals surface area contributed by atoms with Gasteiger partial charge in [-0.3, -0.25) is 9.78 Å². The fourth-order valence-electron chi connectivity index (χ4n) is 1.92. The molecular formula is C13H21Cl2N3OS. The summed E-state index contributed by atoms with van der Waals surface area (Å²) >= 11 is 1.91. The first-order valence-electron chi connectivity index (χ1n) is 6.32. The predicted molar refractivity (Wildman–Crippen MR) is 89.2 cm³/mol. The van der Waals surface area contributed by atoms with E-state index < -0.39 is 0 Å². The van der Waals surface area contributed by atoms with Gasteiger partial charge in [-0.1, -0.05) is 6.07 Å². The summed E-state index contributed by atoms with van der Waals surface area (Å²) < 4.78 is 0. The van der Waals surface area contributed by atoms with Crippen LogP contribution >= 0.6 is 36.6 Å². The minimum Gasteiger partial charge on any atom is -0.356 e. The van der Waals surface area contributed by atoms with E-state index >= 15 is 0 Å². The second kappa shape index (κ2) is 11.2. The highest BCUT2D eigenvalue weighted by Crippen LogP contribution is 2.09. The lowest BCUT2D eigenvalue weighted by Gasteiger charge is -2.22. The minimum absolute atomic E-state index is 0. The highest BCUT2D eigenvalue weighted by atomic mass is 35.5. The van der Waals surface area contributed by atoms with Crippen LogP contribution in [0.25, 0.3) is 0 Å². The van der Waals surface area contributed by atoms with Gasteiger partial charge in [-0.15, -0.1) is 24.8 Å². The average molecular weight is 338 g/mol. The van der Waals surface area contributed by atoms with Crippen LogP contribution in [0.15, 0.2) is 24.4 Å². The van der Waals surface area contributed by atoms with Crippen molar-refractivity contribution in [3.63, 3.8) is 0 Å². The van der Waals surface area contributed by atoms with Crippen LogP contribution in [0, 0.1) is 0 Å². The van der Waals surface area contributed by atoms with Crippen molar-refractivity contribution in [3.05, 3.63) is 30.1 Å². The normalized spacial score (nSPS) is 17.5. The summed E-state index contributed by atoms with van der Waals surface area (Å²) in [6.07, 6.45) is 3.15. The van der Waals surface area contributed by atoms with Crippen LogP contribution in [0.5, 0.6) is 0 Å². The molecule has 4 nitrogen and oxygen atoms in total. The highest BCUT2D eigenvalue weighted by molar-refractivity contribution is 7.99. The summed E-state index contributed by atoms with van der Waals surface area (Å²) in [7, 11) is 0. The largest absolute Gasteiger partial charge is 0.356 e. The fraction of sp³-hybridized carbons (Fsp3) is 0.538. The third kappa shape index (κ3) is 7.33. The Morgan fingerprint density at radius 3 is 2.95 bits per heavy atom. The monoisotopic (exact) mass is 337 g/mol. The van der Waals surface area contributed by atoms with Crippen LogP contribution in [-0.4, -0.2) is 41.5 Å². The van der Waals surface area contributed by atoms with Crippen molar-refractivity contribution in [2.75, 3.05) is 24.6 Å². The van der Waals surface area contributed by atoms with E-state index in [0.717, 1.165) is 30.2 Å². The molecule has 0 saturated carbocycles. The van der Waals surface area contributed by atoms with Gasteiger partial charge in [0, 0.05) is 55.4 Å². The van der Waals surface area contributed by atoms with Gasteiger partial charge in [0.1, 0.15) is 0 Å². The van der Waals surface area contributed by atoms with Crippen LogP contribution in [-0.2, 0) is 11.2 Å². The summed E-state index contributed by atoms with van der Waals surface area (Å²) in [6, 6.07) is 6.17. The van der Waals surface area contributed by atoms with E-state index in [1.807, 2.05) is 30.0 Å². The van der Waals surface area contributed by atoms with E-state index in [-0.39, 0.29) is 30.7 Å². The zero-order valence-corrected chi connectivity index (χ0v) is 13.7. The molecule has 2 N–H and O–H groups in total. The lowest BCUT2D eigenvalue weighted by molar-refractivity contribution is -0.121. The van der Waals surface area contributed by atoms with Crippen LogP contribution < -0.4 is 10.6 Å². The second-order valence-electron chi connectivity index (χ2n) is 4.35. The third-order valence-electron chi connectivity index (χ3n) is 2.86. The van der Waals surface area contributed by atoms with Crippen molar-refractivity contribution in [2.45, 2.75) is 18.9 Å². The van der Waals surface area contributed by atoms with Gasteiger partial charge < -0.3 is 10.6 Å². The molecule has 0 radical (unpaired) electrons. The first kappa shape index (κ1) is 19.5. The summed E-state index contributed by atoms with van der Waals surface area (Å²) in [5.41, 5.74) is 1.02. The summed E-state index contributed by atoms with van der Waals surface area (Å²) in [5, 5.41) is 6.31. The Kier molecular flexibility index (Phi) is 10.9. The Morgan fingerprint density at radius 2 is 2.30 bits per heavy atom. The van der Waals surface area contributed by atoms with Crippen molar-refractivity contribution >= 4 is 42.5 Å². The standard InChI is InChI=1S/C13H19N3OS.2ClH/c17-13(9-12-10-18-8-7-15-12)16-6-4-11-3-1-2-5-14-11;;/h1-3,5,12,15H,4,6-10H2,(H,16,17);2*1H. The maximum Gasteiger partial charge on any atom is 0.221 e. The van der Waals surface area contributed by atoms with Gasteiger partial charge in [-0.2, -0.15) is 11.8 Å². The molecule has 1 unspecified atom stereocenters. The number of nitrogens with zero attached hydrogens (tertiary/aromatic N) is 1. The van der Waals surface area contributed by atoms with Gasteiger partial charge in [0.15, 0.2) is 0 Å². The molecule has 1 fully saturated rings. The molecule has 0 bridgehead atoms. The molecular weight excluding hydrogens is 317 g/mol. The van der Waals surface area contributed by atoms with Crippen LogP contribution in [0.4, 0.5) is 0 Å². The molecule has 1 atom stereocenters. The van der Waals surface area contributed by atoms with Crippen LogP contribution in [0.2, 0.25) is 0 Å². The average Bonchev–Trinajstić information content (AvgIpc) is 2.41. The maximum absolute atomic E-state index is 11.7. The number of rotatable bonds is 5. The molecule has 2 heterocycles. The molecule has 0 aliphatic carbocycles. The number of halogens is 2. The molecule has 0 aromatic carbocycles. The van der Waals surface area contributed by atoms with E-state index in [9.17, 15) is 4.79 Å². The Hall–Kier alpha value is -0.490. The molecule has 1 aliphatic rings. The molecule has 1 aromatic rings. The fourth-order valence-corrected chi connectivity index (χ4v) is 2.87. The lowest BCUT2D eigenvalue weighted by atomic mass is 10.2. The number of amides is 1. The van der Waals surface area contributed by atoms with Crippen molar-refractivity contribution in [1.82, 2.24) is 15.6 Å². The molecule has 1 aliphatic heterocycles. The Balaban J connectivity index is 0.00000180. The van der Waals surface area contributed by atoms with Gasteiger partial charge in [-0.05, 0) is 12.1 Å². The number of pyridine rings is 1.